The van der Waals surface area contributed by atoms with E-state index in [1.54, 1.807) is 25.6 Å². The Balaban J connectivity index is 1.78. The van der Waals surface area contributed by atoms with Crippen LogP contribution < -0.4 is 0 Å². The lowest BCUT2D eigenvalue weighted by Gasteiger charge is -2.25. The number of aromatic nitrogens is 6. The zero-order valence-corrected chi connectivity index (χ0v) is 16.0. The molecule has 4 aromatic heterocycles. The molecule has 1 atom stereocenters. The minimum absolute atomic E-state index is 0.365. The summed E-state index contributed by atoms with van der Waals surface area (Å²) < 4.78 is 27.0. The number of ether oxygens (including phenoxy) is 2. The van der Waals surface area contributed by atoms with Gasteiger partial charge in [0.05, 0.1) is 43.5 Å². The molecule has 4 aromatic rings. The number of pyridine rings is 2. The Morgan fingerprint density at radius 1 is 1.24 bits per heavy atom. The highest BCUT2D eigenvalue weighted by atomic mass is 19.1. The van der Waals surface area contributed by atoms with Gasteiger partial charge in [-0.05, 0) is 25.1 Å². The molecular weight excluding hydrogens is 375 g/mol. The minimum Gasteiger partial charge on any atom is -0.374 e. The summed E-state index contributed by atoms with van der Waals surface area (Å²) in [6.07, 6.45) is 4.65. The molecule has 0 aromatic carbocycles. The van der Waals surface area contributed by atoms with E-state index in [4.69, 9.17) is 14.6 Å². The Morgan fingerprint density at radius 3 is 2.93 bits per heavy atom. The van der Waals surface area contributed by atoms with Crippen LogP contribution in [0.25, 0.3) is 33.5 Å². The van der Waals surface area contributed by atoms with Crippen LogP contribution in [0.3, 0.4) is 0 Å². The van der Waals surface area contributed by atoms with E-state index in [9.17, 15) is 4.39 Å². The van der Waals surface area contributed by atoms with Crippen LogP contribution in [0.2, 0.25) is 0 Å². The summed E-state index contributed by atoms with van der Waals surface area (Å²) in [4.78, 5) is 8.59. The Labute approximate surface area is 165 Å². The summed E-state index contributed by atoms with van der Waals surface area (Å²) in [6.45, 7) is 3.32. The first-order valence-corrected chi connectivity index (χ1v) is 9.21. The molecule has 0 radical (unpaired) electrons. The van der Waals surface area contributed by atoms with E-state index >= 15 is 0 Å². The topological polar surface area (TPSA) is 90.7 Å². The molecule has 0 bridgehead atoms. The largest absolute Gasteiger partial charge is 0.374 e. The van der Waals surface area contributed by atoms with Crippen LogP contribution in [-0.2, 0) is 22.6 Å². The van der Waals surface area contributed by atoms with Gasteiger partial charge < -0.3 is 9.47 Å². The minimum atomic E-state index is -0.509. The van der Waals surface area contributed by atoms with Gasteiger partial charge in [0.1, 0.15) is 17.1 Å². The third-order valence-electron chi connectivity index (χ3n) is 5.27. The highest BCUT2D eigenvalue weighted by Gasteiger charge is 2.33. The lowest BCUT2D eigenvalue weighted by molar-refractivity contribution is -0.0678. The Morgan fingerprint density at radius 2 is 2.14 bits per heavy atom. The average Bonchev–Trinajstić information content (AvgIpc) is 3.30. The molecule has 0 fully saturated rings. The van der Waals surface area contributed by atoms with Crippen molar-refractivity contribution >= 4 is 11.0 Å². The van der Waals surface area contributed by atoms with Crippen molar-refractivity contribution in [3.05, 3.63) is 48.3 Å². The molecule has 9 heteroatoms. The number of methoxy groups -OCH3 is 1. The quantitative estimate of drug-likeness (QED) is 0.575. The van der Waals surface area contributed by atoms with Crippen LogP contribution >= 0.6 is 0 Å². The van der Waals surface area contributed by atoms with Gasteiger partial charge in [-0.3, -0.25) is 14.8 Å². The van der Waals surface area contributed by atoms with Crippen molar-refractivity contribution < 1.29 is 13.9 Å². The predicted octanol–water partition coefficient (Wildman–Crippen LogP) is 2.96. The van der Waals surface area contributed by atoms with E-state index < -0.39 is 11.4 Å². The number of halogens is 1. The molecule has 0 saturated carbocycles. The van der Waals surface area contributed by atoms with Crippen molar-refractivity contribution in [1.29, 1.82) is 0 Å². The van der Waals surface area contributed by atoms with Gasteiger partial charge in [0.15, 0.2) is 5.65 Å². The maximum atomic E-state index is 13.5. The first kappa shape index (κ1) is 17.9. The van der Waals surface area contributed by atoms with Gasteiger partial charge in [-0.2, -0.15) is 10.2 Å². The molecule has 5 heterocycles. The Kier molecular flexibility index (Phi) is 4.14. The zero-order valence-electron chi connectivity index (χ0n) is 16.0. The van der Waals surface area contributed by atoms with Crippen molar-refractivity contribution in [1.82, 2.24) is 29.9 Å². The highest BCUT2D eigenvalue weighted by molar-refractivity contribution is 5.97. The van der Waals surface area contributed by atoms with E-state index in [2.05, 4.69) is 20.2 Å². The second-order valence-corrected chi connectivity index (χ2v) is 7.33. The third-order valence-corrected chi connectivity index (χ3v) is 5.27. The zero-order chi connectivity index (χ0) is 20.0. The summed E-state index contributed by atoms with van der Waals surface area (Å²) in [5, 5.41) is 12.7. The van der Waals surface area contributed by atoms with Crippen molar-refractivity contribution in [2.24, 2.45) is 0 Å². The number of nitrogens with zero attached hydrogens (tertiary/aromatic N) is 5. The maximum Gasteiger partial charge on any atom is 0.155 e. The Hall–Kier alpha value is -3.17. The van der Waals surface area contributed by atoms with Gasteiger partial charge in [0.25, 0.3) is 0 Å². The van der Waals surface area contributed by atoms with E-state index in [0.717, 1.165) is 22.2 Å². The smallest absolute Gasteiger partial charge is 0.155 e. The fourth-order valence-electron chi connectivity index (χ4n) is 3.67. The second kappa shape index (κ2) is 6.71. The van der Waals surface area contributed by atoms with Crippen LogP contribution in [-0.4, -0.2) is 49.3 Å². The van der Waals surface area contributed by atoms with Gasteiger partial charge in [0.2, 0.25) is 0 Å². The molecule has 1 aliphatic heterocycles. The molecule has 0 aliphatic carbocycles. The van der Waals surface area contributed by atoms with E-state index in [-0.39, 0.29) is 0 Å². The third kappa shape index (κ3) is 2.99. The highest BCUT2D eigenvalue weighted by Crippen LogP contribution is 2.38. The number of aromatic amines is 1. The fraction of sp³-hybridized carbons (Fsp3) is 0.300. The van der Waals surface area contributed by atoms with Crippen LogP contribution in [0, 0.1) is 5.82 Å². The molecule has 8 nitrogen and oxygen atoms in total. The molecule has 5 rings (SSSR count). The molecule has 1 N–H and O–H groups in total. The summed E-state index contributed by atoms with van der Waals surface area (Å²) in [6, 6.07) is 4.93. The summed E-state index contributed by atoms with van der Waals surface area (Å²) in [5.41, 5.74) is 4.09. The first-order chi connectivity index (χ1) is 14.1. The van der Waals surface area contributed by atoms with Crippen LogP contribution in [0.1, 0.15) is 12.6 Å². The van der Waals surface area contributed by atoms with E-state index in [0.29, 0.717) is 36.8 Å². The molecule has 148 valence electrons. The molecular formula is C20H19FN6O2. The fourth-order valence-corrected chi connectivity index (χ4v) is 3.67. The van der Waals surface area contributed by atoms with Crippen molar-refractivity contribution in [3.63, 3.8) is 0 Å². The number of hydrogen-bond acceptors (Lipinski definition) is 6. The van der Waals surface area contributed by atoms with Gasteiger partial charge in [-0.25, -0.2) is 9.37 Å². The molecule has 0 unspecified atom stereocenters. The summed E-state index contributed by atoms with van der Waals surface area (Å²) in [5.74, 6) is -0.396. The number of rotatable bonds is 3. The molecule has 1 aliphatic rings. The SMILES string of the molecule is CO[C@@]1(C)COCc2c(-c3ccnc4[nH]ncc34)c(-c3ccc(F)cn3)nn2C1. The molecule has 0 saturated heterocycles. The van der Waals surface area contributed by atoms with Gasteiger partial charge in [-0.15, -0.1) is 0 Å². The molecule has 0 amide bonds. The Bertz CT molecular complexity index is 1190. The number of hydrogen-bond donors (Lipinski definition) is 1. The summed E-state index contributed by atoms with van der Waals surface area (Å²) in [7, 11) is 1.67. The average molecular weight is 394 g/mol. The summed E-state index contributed by atoms with van der Waals surface area (Å²) >= 11 is 0. The van der Waals surface area contributed by atoms with Crippen LogP contribution in [0.4, 0.5) is 4.39 Å². The van der Waals surface area contributed by atoms with Crippen LogP contribution in [0.15, 0.2) is 36.8 Å². The standard InChI is InChI=1S/C20H19FN6O2/c1-20(28-2)10-27-16(9-29-11-20)17(13-5-6-22-19-14(13)8-24-25-19)18(26-27)15-4-3-12(21)7-23-15/h3-8H,9-11H2,1-2H3,(H,22,24,25)/t20-/m1/s1. The van der Waals surface area contributed by atoms with Crippen molar-refractivity contribution in [2.75, 3.05) is 13.7 Å². The van der Waals surface area contributed by atoms with Crippen molar-refractivity contribution in [2.45, 2.75) is 25.7 Å². The number of nitrogens with one attached hydrogen (secondary N) is 1. The van der Waals surface area contributed by atoms with Gasteiger partial charge in [0, 0.05) is 29.8 Å². The molecule has 0 spiro atoms. The van der Waals surface area contributed by atoms with Gasteiger partial charge >= 0.3 is 0 Å². The molecule has 29 heavy (non-hydrogen) atoms. The second-order valence-electron chi connectivity index (χ2n) is 7.33. The monoisotopic (exact) mass is 394 g/mol. The van der Waals surface area contributed by atoms with Gasteiger partial charge in [-0.1, -0.05) is 0 Å². The first-order valence-electron chi connectivity index (χ1n) is 9.21. The predicted molar refractivity (Wildman–Crippen MR) is 103 cm³/mol. The van der Waals surface area contributed by atoms with Crippen LogP contribution in [0.5, 0.6) is 0 Å². The van der Waals surface area contributed by atoms with Crippen molar-refractivity contribution in [3.8, 4) is 22.5 Å². The lowest BCUT2D eigenvalue weighted by Crippen LogP contribution is -2.36. The van der Waals surface area contributed by atoms with E-state index in [1.807, 2.05) is 17.7 Å². The normalized spacial score (nSPS) is 19.3. The van der Waals surface area contributed by atoms with E-state index in [1.165, 1.54) is 12.3 Å². The number of fused-ring (bicyclic) bond motifs is 2. The maximum absolute atomic E-state index is 13.5. The number of H-pyrrole nitrogens is 1. The lowest BCUT2D eigenvalue weighted by atomic mass is 9.99.